The zero-order valence-electron chi connectivity index (χ0n) is 18.6. The van der Waals surface area contributed by atoms with Crippen LogP contribution in [0.2, 0.25) is 0 Å². The van der Waals surface area contributed by atoms with Gasteiger partial charge in [-0.15, -0.1) is 0 Å². The molecular weight excluding hydrogens is 432 g/mol. The maximum Gasteiger partial charge on any atom is 0.251 e. The number of hydrogen-bond acceptors (Lipinski definition) is 6. The summed E-state index contributed by atoms with van der Waals surface area (Å²) in [5.41, 5.74) is 0.683. The summed E-state index contributed by atoms with van der Waals surface area (Å²) < 4.78 is 38.1. The molecule has 2 N–H and O–H groups in total. The van der Waals surface area contributed by atoms with Gasteiger partial charge in [0.05, 0.1) is 19.1 Å². The van der Waals surface area contributed by atoms with Crippen LogP contribution in [0.5, 0.6) is 11.5 Å². The molecule has 2 aromatic carbocycles. The van der Waals surface area contributed by atoms with Crippen molar-refractivity contribution in [2.24, 2.45) is 0 Å². The highest BCUT2D eigenvalue weighted by Crippen LogP contribution is 2.29. The number of amides is 1. The largest absolute Gasteiger partial charge is 0.497 e. The number of aliphatic hydroxyl groups is 1. The van der Waals surface area contributed by atoms with Gasteiger partial charge in [-0.2, -0.15) is 4.31 Å². The first-order valence-corrected chi connectivity index (χ1v) is 12.0. The maximum absolute atomic E-state index is 13.1. The van der Waals surface area contributed by atoms with Gasteiger partial charge in [-0.3, -0.25) is 4.79 Å². The molecule has 0 bridgehead atoms. The van der Waals surface area contributed by atoms with E-state index in [1.807, 2.05) is 6.92 Å². The van der Waals surface area contributed by atoms with Crippen molar-refractivity contribution in [2.75, 3.05) is 27.3 Å². The summed E-state index contributed by atoms with van der Waals surface area (Å²) in [6.07, 6.45) is 1.63. The van der Waals surface area contributed by atoms with Gasteiger partial charge in [-0.1, -0.05) is 12.5 Å². The molecule has 2 atom stereocenters. The molecule has 0 saturated carbocycles. The Morgan fingerprint density at radius 3 is 2.66 bits per heavy atom. The number of aliphatic hydroxyl groups excluding tert-OH is 1. The molecule has 174 valence electrons. The minimum absolute atomic E-state index is 0.0702. The fourth-order valence-corrected chi connectivity index (χ4v) is 5.61. The third-order valence-electron chi connectivity index (χ3n) is 5.70. The molecule has 0 radical (unpaired) electrons. The molecular formula is C23H30N2O6S. The number of hydrogen-bond donors (Lipinski definition) is 2. The molecule has 0 aliphatic carbocycles. The van der Waals surface area contributed by atoms with Crippen LogP contribution in [0.1, 0.15) is 48.2 Å². The van der Waals surface area contributed by atoms with E-state index in [4.69, 9.17) is 9.47 Å². The smallest absolute Gasteiger partial charge is 0.251 e. The standard InChI is InChI=1S/C23H30N2O6S/c1-16-7-4-5-12-25(16)32(28,29)19-9-6-8-17(13-19)23(27)24-15-21(26)20-14-18(30-2)10-11-22(20)31-3/h6,8-11,13-14,16,21,26H,4-5,7,12,15H2,1-3H3,(H,24,27). The van der Waals surface area contributed by atoms with Crippen molar-refractivity contribution in [3.8, 4) is 11.5 Å². The van der Waals surface area contributed by atoms with Crippen LogP contribution < -0.4 is 14.8 Å². The molecule has 0 spiro atoms. The lowest BCUT2D eigenvalue weighted by Gasteiger charge is -2.32. The van der Waals surface area contributed by atoms with Crippen molar-refractivity contribution < 1.29 is 27.8 Å². The highest BCUT2D eigenvalue weighted by Gasteiger charge is 2.31. The molecule has 1 heterocycles. The van der Waals surface area contributed by atoms with E-state index >= 15 is 0 Å². The second-order valence-electron chi connectivity index (χ2n) is 7.82. The van der Waals surface area contributed by atoms with Crippen molar-refractivity contribution in [3.63, 3.8) is 0 Å². The first-order valence-electron chi connectivity index (χ1n) is 10.6. The van der Waals surface area contributed by atoms with Gasteiger partial charge in [0.1, 0.15) is 17.6 Å². The lowest BCUT2D eigenvalue weighted by Crippen LogP contribution is -2.42. The molecule has 0 aromatic heterocycles. The highest BCUT2D eigenvalue weighted by molar-refractivity contribution is 7.89. The molecule has 3 rings (SSSR count). The number of carbonyl (C=O) groups is 1. The molecule has 2 aromatic rings. The van der Waals surface area contributed by atoms with E-state index in [9.17, 15) is 18.3 Å². The Bertz CT molecular complexity index is 1060. The van der Waals surface area contributed by atoms with E-state index < -0.39 is 22.0 Å². The van der Waals surface area contributed by atoms with Crippen molar-refractivity contribution in [1.29, 1.82) is 0 Å². The third-order valence-corrected chi connectivity index (χ3v) is 7.71. The zero-order chi connectivity index (χ0) is 23.3. The normalized spacial score (nSPS) is 18.1. The highest BCUT2D eigenvalue weighted by atomic mass is 32.2. The number of methoxy groups -OCH3 is 2. The summed E-state index contributed by atoms with van der Waals surface area (Å²) in [4.78, 5) is 12.8. The Balaban J connectivity index is 1.73. The fraction of sp³-hybridized carbons (Fsp3) is 0.435. The van der Waals surface area contributed by atoms with Crippen LogP contribution in [-0.2, 0) is 10.0 Å². The first kappa shape index (κ1) is 24.0. The number of nitrogens with zero attached hydrogens (tertiary/aromatic N) is 1. The lowest BCUT2D eigenvalue weighted by atomic mass is 10.1. The van der Waals surface area contributed by atoms with Crippen molar-refractivity contribution in [2.45, 2.75) is 43.2 Å². The van der Waals surface area contributed by atoms with E-state index in [1.54, 1.807) is 30.3 Å². The first-order chi connectivity index (χ1) is 15.3. The van der Waals surface area contributed by atoms with E-state index in [0.29, 0.717) is 23.6 Å². The number of piperidine rings is 1. The molecule has 2 unspecified atom stereocenters. The van der Waals surface area contributed by atoms with Gasteiger partial charge in [0.2, 0.25) is 10.0 Å². The minimum atomic E-state index is -3.68. The summed E-state index contributed by atoms with van der Waals surface area (Å²) in [6, 6.07) is 10.9. The average molecular weight is 463 g/mol. The number of sulfonamides is 1. The van der Waals surface area contributed by atoms with Gasteiger partial charge in [0, 0.05) is 30.3 Å². The molecule has 1 fully saturated rings. The Morgan fingerprint density at radius 1 is 1.19 bits per heavy atom. The number of rotatable bonds is 8. The predicted octanol–water partition coefficient (Wildman–Crippen LogP) is 2.73. The van der Waals surface area contributed by atoms with Gasteiger partial charge in [-0.25, -0.2) is 8.42 Å². The van der Waals surface area contributed by atoms with Gasteiger partial charge in [0.15, 0.2) is 0 Å². The maximum atomic E-state index is 13.1. The van der Waals surface area contributed by atoms with E-state index in [1.165, 1.54) is 30.7 Å². The SMILES string of the molecule is COc1ccc(OC)c(C(O)CNC(=O)c2cccc(S(=O)(=O)N3CCCCC3C)c2)c1. The molecule has 1 saturated heterocycles. The van der Waals surface area contributed by atoms with Crippen LogP contribution in [0.25, 0.3) is 0 Å². The van der Waals surface area contributed by atoms with Gasteiger partial charge in [0.25, 0.3) is 5.91 Å². The summed E-state index contributed by atoms with van der Waals surface area (Å²) >= 11 is 0. The topological polar surface area (TPSA) is 105 Å². The summed E-state index contributed by atoms with van der Waals surface area (Å²) in [7, 11) is -0.674. The Morgan fingerprint density at radius 2 is 1.97 bits per heavy atom. The Labute approximate surface area is 189 Å². The van der Waals surface area contributed by atoms with Crippen molar-refractivity contribution in [1.82, 2.24) is 9.62 Å². The van der Waals surface area contributed by atoms with Crippen LogP contribution in [0.15, 0.2) is 47.4 Å². The predicted molar refractivity (Wildman–Crippen MR) is 120 cm³/mol. The second kappa shape index (κ2) is 10.3. The van der Waals surface area contributed by atoms with Gasteiger partial charge >= 0.3 is 0 Å². The van der Waals surface area contributed by atoms with Gasteiger partial charge in [-0.05, 0) is 56.2 Å². The van der Waals surface area contributed by atoms with Crippen molar-refractivity contribution >= 4 is 15.9 Å². The second-order valence-corrected chi connectivity index (χ2v) is 9.71. The summed E-state index contributed by atoms with van der Waals surface area (Å²) in [5.74, 6) is 0.543. The van der Waals surface area contributed by atoms with Crippen molar-refractivity contribution in [3.05, 3.63) is 53.6 Å². The molecule has 1 aliphatic rings. The van der Waals surface area contributed by atoms with E-state index in [0.717, 1.165) is 19.3 Å². The molecule has 1 aliphatic heterocycles. The Hall–Kier alpha value is -2.62. The zero-order valence-corrected chi connectivity index (χ0v) is 19.4. The minimum Gasteiger partial charge on any atom is -0.497 e. The molecule has 9 heteroatoms. The molecule has 32 heavy (non-hydrogen) atoms. The number of nitrogens with one attached hydrogen (secondary N) is 1. The molecule has 8 nitrogen and oxygen atoms in total. The molecule has 1 amide bonds. The third kappa shape index (κ3) is 5.23. The number of carbonyl (C=O) groups excluding carboxylic acids is 1. The number of ether oxygens (including phenoxy) is 2. The summed E-state index contributed by atoms with van der Waals surface area (Å²) in [5, 5.41) is 13.2. The van der Waals surface area contributed by atoms with Crippen LogP contribution in [0.4, 0.5) is 0 Å². The van der Waals surface area contributed by atoms with Crippen LogP contribution in [0, 0.1) is 0 Å². The van der Waals surface area contributed by atoms with Gasteiger partial charge < -0.3 is 19.9 Å². The van der Waals surface area contributed by atoms with Crippen LogP contribution >= 0.6 is 0 Å². The number of benzene rings is 2. The summed E-state index contributed by atoms with van der Waals surface area (Å²) in [6.45, 7) is 2.30. The lowest BCUT2D eigenvalue weighted by molar-refractivity contribution is 0.0914. The monoisotopic (exact) mass is 462 g/mol. The van der Waals surface area contributed by atoms with Crippen LogP contribution in [-0.4, -0.2) is 57.1 Å². The van der Waals surface area contributed by atoms with E-state index in [2.05, 4.69) is 5.32 Å². The Kier molecular flexibility index (Phi) is 7.76. The van der Waals surface area contributed by atoms with E-state index in [-0.39, 0.29) is 23.0 Å². The quantitative estimate of drug-likeness (QED) is 0.625. The average Bonchev–Trinajstić information content (AvgIpc) is 2.82. The van der Waals surface area contributed by atoms with Crippen LogP contribution in [0.3, 0.4) is 0 Å². The fourth-order valence-electron chi connectivity index (χ4n) is 3.86.